The Kier molecular flexibility index (Phi) is 12.2. The maximum absolute atomic E-state index is 12.8. The number of nitrogens with zero attached hydrogens (tertiary/aromatic N) is 2. The number of carbonyl (C=O) groups excluding carboxylic acids is 2. The van der Waals surface area contributed by atoms with Gasteiger partial charge < -0.3 is 4.74 Å². The average molecular weight is 444 g/mol. The summed E-state index contributed by atoms with van der Waals surface area (Å²) in [5.74, 6) is 0.334. The van der Waals surface area contributed by atoms with Crippen LogP contribution in [0.15, 0.2) is 28.6 Å². The first-order valence-electron chi connectivity index (χ1n) is 9.52. The van der Waals surface area contributed by atoms with Crippen molar-refractivity contribution in [1.29, 1.82) is 0 Å². The number of carbonyl (C=O) groups is 2. The molecule has 0 aromatic heterocycles. The normalized spacial score (nSPS) is 11.6. The second kappa shape index (κ2) is 14.1. The van der Waals surface area contributed by atoms with Crippen LogP contribution in [-0.2, 0) is 21.7 Å². The molecule has 0 radical (unpaired) electrons. The molecule has 10 heteroatoms. The molecule has 0 bridgehead atoms. The predicted molar refractivity (Wildman–Crippen MR) is 114 cm³/mol. The number of rotatable bonds is 12. The highest BCUT2D eigenvalue weighted by molar-refractivity contribution is 8.11. The molecule has 0 saturated heterocycles. The molecule has 1 atom stereocenters. The molecule has 0 spiro atoms. The fourth-order valence-electron chi connectivity index (χ4n) is 2.75. The molecule has 0 saturated carbocycles. The third-order valence-corrected chi connectivity index (χ3v) is 5.36. The summed E-state index contributed by atoms with van der Waals surface area (Å²) >= 11 is 0.815. The molecule has 0 heterocycles. The molecule has 2 amide bonds. The highest BCUT2D eigenvalue weighted by atomic mass is 32.2. The zero-order chi connectivity index (χ0) is 21.6. The Morgan fingerprint density at radius 3 is 2.45 bits per heavy atom. The van der Waals surface area contributed by atoms with Gasteiger partial charge in [-0.3, -0.25) is 19.2 Å². The van der Waals surface area contributed by atoms with Gasteiger partial charge in [-0.1, -0.05) is 38.3 Å². The first-order valence-corrected chi connectivity index (χ1v) is 11.4. The molecule has 1 unspecified atom stereocenters. The van der Waals surface area contributed by atoms with E-state index in [9.17, 15) is 18.0 Å². The maximum atomic E-state index is 12.8. The summed E-state index contributed by atoms with van der Waals surface area (Å²) in [4.78, 5) is 26.3. The van der Waals surface area contributed by atoms with Crippen LogP contribution < -0.4 is 9.46 Å². The second-order valence-electron chi connectivity index (χ2n) is 6.40. The summed E-state index contributed by atoms with van der Waals surface area (Å²) in [6.07, 6.45) is 3.81. The fourth-order valence-corrected chi connectivity index (χ4v) is 3.69. The Balaban J connectivity index is 2.84. The van der Waals surface area contributed by atoms with Crippen molar-refractivity contribution in [3.63, 3.8) is 0 Å². The van der Waals surface area contributed by atoms with Crippen molar-refractivity contribution in [1.82, 2.24) is 9.62 Å². The molecule has 29 heavy (non-hydrogen) atoms. The molecular weight excluding hydrogens is 414 g/mol. The molecule has 0 aliphatic carbocycles. The first-order chi connectivity index (χ1) is 13.9. The minimum Gasteiger partial charge on any atom is -0.497 e. The van der Waals surface area contributed by atoms with Gasteiger partial charge in [0.2, 0.25) is 5.91 Å². The van der Waals surface area contributed by atoms with Gasteiger partial charge in [-0.25, -0.2) is 0 Å². The van der Waals surface area contributed by atoms with Crippen molar-refractivity contribution >= 4 is 33.6 Å². The average Bonchev–Trinajstić information content (AvgIpc) is 2.68. The Morgan fingerprint density at radius 2 is 1.90 bits per heavy atom. The van der Waals surface area contributed by atoms with Crippen LogP contribution in [-0.4, -0.2) is 51.2 Å². The van der Waals surface area contributed by atoms with Crippen molar-refractivity contribution in [2.75, 3.05) is 20.7 Å². The van der Waals surface area contributed by atoms with Gasteiger partial charge in [-0.2, -0.15) is 12.8 Å². The molecule has 1 aromatic carbocycles. The van der Waals surface area contributed by atoms with E-state index >= 15 is 0 Å². The smallest absolute Gasteiger partial charge is 0.311 e. The molecule has 0 aliphatic rings. The summed E-state index contributed by atoms with van der Waals surface area (Å²) < 4.78 is 33.5. The van der Waals surface area contributed by atoms with Crippen LogP contribution >= 0.6 is 11.9 Å². The Morgan fingerprint density at radius 1 is 1.21 bits per heavy atom. The Hall–Kier alpha value is -1.91. The third-order valence-electron chi connectivity index (χ3n) is 4.29. The van der Waals surface area contributed by atoms with Crippen LogP contribution in [0.3, 0.4) is 0 Å². The molecule has 8 nitrogen and oxygen atoms in total. The number of unbranched alkanes of at least 4 members (excludes halogenated alkanes) is 2. The monoisotopic (exact) mass is 443 g/mol. The van der Waals surface area contributed by atoms with Gasteiger partial charge >= 0.3 is 15.7 Å². The van der Waals surface area contributed by atoms with Gasteiger partial charge in [0.1, 0.15) is 5.75 Å². The van der Waals surface area contributed by atoms with Crippen molar-refractivity contribution in [3.8, 4) is 5.75 Å². The number of hydrogen-bond donors (Lipinski definition) is 1. The van der Waals surface area contributed by atoms with Crippen LogP contribution in [0.25, 0.3) is 0 Å². The quantitative estimate of drug-likeness (QED) is 0.389. The topological polar surface area (TPSA) is 105 Å². The number of imide groups is 1. The van der Waals surface area contributed by atoms with E-state index in [1.807, 2.05) is 0 Å². The van der Waals surface area contributed by atoms with E-state index in [0.29, 0.717) is 18.6 Å². The van der Waals surface area contributed by atoms with Gasteiger partial charge in [0.25, 0.3) is 0 Å². The van der Waals surface area contributed by atoms with E-state index < -0.39 is 21.8 Å². The molecule has 1 aromatic rings. The number of ether oxygens (including phenoxy) is 1. The van der Waals surface area contributed by atoms with E-state index in [4.69, 9.17) is 4.74 Å². The van der Waals surface area contributed by atoms with Crippen LogP contribution in [0.1, 0.15) is 44.6 Å². The highest BCUT2D eigenvalue weighted by Gasteiger charge is 2.23. The lowest BCUT2D eigenvalue weighted by atomic mass is 10.1. The van der Waals surface area contributed by atoms with Gasteiger partial charge in [0.15, 0.2) is 0 Å². The molecule has 0 fully saturated rings. The molecular formula is C19H29N3O5S2. The van der Waals surface area contributed by atoms with E-state index in [1.165, 1.54) is 0 Å². The van der Waals surface area contributed by atoms with Gasteiger partial charge in [-0.15, -0.1) is 0 Å². The van der Waals surface area contributed by atoms with Crippen LogP contribution in [0.2, 0.25) is 0 Å². The van der Waals surface area contributed by atoms with E-state index in [-0.39, 0.29) is 18.9 Å². The fraction of sp³-hybridized carbons (Fsp3) is 0.579. The third kappa shape index (κ3) is 9.91. The zero-order valence-electron chi connectivity index (χ0n) is 17.1. The number of amides is 2. The largest absolute Gasteiger partial charge is 0.497 e. The standard InChI is InChI=1S/C19H29N3O5S2/c1-4-5-6-7-16(21-29(25)26)12-13-22(19(24)28-20-2)18(23)14-15-8-10-17(27-3)11-9-15/h8-11,16,20H,4-7,12-14H2,1-3H3. The second-order valence-corrected chi connectivity index (χ2v) is 8.01. The van der Waals surface area contributed by atoms with Gasteiger partial charge in [0.05, 0.1) is 19.6 Å². The number of nitrogens with one attached hydrogen (secondary N) is 1. The predicted octanol–water partition coefficient (Wildman–Crippen LogP) is 3.46. The lowest BCUT2D eigenvalue weighted by Crippen LogP contribution is -2.38. The van der Waals surface area contributed by atoms with Crippen LogP contribution in [0.5, 0.6) is 5.75 Å². The number of benzene rings is 1. The van der Waals surface area contributed by atoms with Crippen molar-refractivity contribution < 1.29 is 22.7 Å². The van der Waals surface area contributed by atoms with Gasteiger partial charge in [0, 0.05) is 18.5 Å². The Bertz CT molecular complexity index is 774. The number of hydrogen-bond acceptors (Lipinski definition) is 8. The summed E-state index contributed by atoms with van der Waals surface area (Å²) in [7, 11) is 0.639. The highest BCUT2D eigenvalue weighted by Crippen LogP contribution is 2.16. The van der Waals surface area contributed by atoms with E-state index in [1.54, 1.807) is 38.4 Å². The van der Waals surface area contributed by atoms with Crippen LogP contribution in [0, 0.1) is 0 Å². The molecule has 1 N–H and O–H groups in total. The summed E-state index contributed by atoms with van der Waals surface area (Å²) in [5, 5.41) is -0.429. The maximum Gasteiger partial charge on any atom is 0.311 e. The lowest BCUT2D eigenvalue weighted by molar-refractivity contribution is -0.127. The van der Waals surface area contributed by atoms with E-state index in [2.05, 4.69) is 16.0 Å². The lowest BCUT2D eigenvalue weighted by Gasteiger charge is -2.22. The SMILES string of the molecule is CCCCCC(CCN(C(=O)Cc1ccc(OC)cc1)C(=O)SNC)N=S(=O)=O. The summed E-state index contributed by atoms with van der Waals surface area (Å²) in [6, 6.07) is 6.61. The van der Waals surface area contributed by atoms with Crippen LogP contribution in [0.4, 0.5) is 4.79 Å². The zero-order valence-corrected chi connectivity index (χ0v) is 18.7. The minimum atomic E-state index is -2.52. The number of methoxy groups -OCH3 is 1. The van der Waals surface area contributed by atoms with E-state index in [0.717, 1.165) is 41.7 Å². The van der Waals surface area contributed by atoms with Crippen molar-refractivity contribution in [3.05, 3.63) is 29.8 Å². The van der Waals surface area contributed by atoms with Crippen molar-refractivity contribution in [2.45, 2.75) is 51.5 Å². The first kappa shape index (κ1) is 25.1. The Labute approximate surface area is 178 Å². The minimum absolute atomic E-state index is 0.0607. The summed E-state index contributed by atoms with van der Waals surface area (Å²) in [6.45, 7) is 2.17. The summed E-state index contributed by atoms with van der Waals surface area (Å²) in [5.41, 5.74) is 0.757. The molecule has 0 aliphatic heterocycles. The van der Waals surface area contributed by atoms with Gasteiger partial charge in [-0.05, 0) is 37.6 Å². The van der Waals surface area contributed by atoms with Crippen molar-refractivity contribution in [2.24, 2.45) is 4.36 Å². The molecule has 162 valence electrons. The molecule has 1 rings (SSSR count).